The Kier molecular flexibility index (Phi) is 3.70. The van der Waals surface area contributed by atoms with Crippen molar-refractivity contribution < 1.29 is 0 Å². The Hall–Kier alpha value is -0.930. The SMILES string of the molecule is CCC(Cc1ccccn1)NN. The summed E-state index contributed by atoms with van der Waals surface area (Å²) in [5.74, 6) is 5.35. The summed E-state index contributed by atoms with van der Waals surface area (Å²) in [4.78, 5) is 4.22. The van der Waals surface area contributed by atoms with Crippen molar-refractivity contribution in [1.82, 2.24) is 10.4 Å². The van der Waals surface area contributed by atoms with Gasteiger partial charge in [0.05, 0.1) is 0 Å². The molecule has 1 unspecified atom stereocenters. The second kappa shape index (κ2) is 4.85. The average molecular weight is 165 g/mol. The number of nitrogens with zero attached hydrogens (tertiary/aromatic N) is 1. The number of nitrogens with two attached hydrogens (primary N) is 1. The van der Waals surface area contributed by atoms with Crippen LogP contribution >= 0.6 is 0 Å². The van der Waals surface area contributed by atoms with Crippen LogP contribution in [0, 0.1) is 0 Å². The molecule has 12 heavy (non-hydrogen) atoms. The first-order valence-corrected chi connectivity index (χ1v) is 4.22. The summed E-state index contributed by atoms with van der Waals surface area (Å²) in [6, 6.07) is 6.26. The molecule has 0 fully saturated rings. The van der Waals surface area contributed by atoms with E-state index in [0.717, 1.165) is 18.5 Å². The maximum absolute atomic E-state index is 5.35. The lowest BCUT2D eigenvalue weighted by Gasteiger charge is -2.11. The molecule has 0 aliphatic rings. The fraction of sp³-hybridized carbons (Fsp3) is 0.444. The van der Waals surface area contributed by atoms with Gasteiger partial charge in [-0.1, -0.05) is 13.0 Å². The molecular weight excluding hydrogens is 150 g/mol. The van der Waals surface area contributed by atoms with Gasteiger partial charge in [-0.05, 0) is 18.6 Å². The maximum Gasteiger partial charge on any atom is 0.0419 e. The smallest absolute Gasteiger partial charge is 0.0419 e. The molecule has 0 spiro atoms. The van der Waals surface area contributed by atoms with E-state index in [2.05, 4.69) is 17.3 Å². The fourth-order valence-corrected chi connectivity index (χ4v) is 1.09. The monoisotopic (exact) mass is 165 g/mol. The molecule has 3 heteroatoms. The van der Waals surface area contributed by atoms with Crippen LogP contribution in [-0.4, -0.2) is 11.0 Å². The van der Waals surface area contributed by atoms with Crippen LogP contribution in [0.5, 0.6) is 0 Å². The van der Waals surface area contributed by atoms with Crippen molar-refractivity contribution in [2.45, 2.75) is 25.8 Å². The van der Waals surface area contributed by atoms with E-state index in [1.54, 1.807) is 6.20 Å². The Morgan fingerprint density at radius 2 is 2.42 bits per heavy atom. The van der Waals surface area contributed by atoms with Crippen LogP contribution < -0.4 is 11.3 Å². The minimum Gasteiger partial charge on any atom is -0.271 e. The van der Waals surface area contributed by atoms with E-state index in [1.165, 1.54) is 0 Å². The van der Waals surface area contributed by atoms with Gasteiger partial charge in [0.2, 0.25) is 0 Å². The molecule has 0 aliphatic heterocycles. The maximum atomic E-state index is 5.35. The van der Waals surface area contributed by atoms with Gasteiger partial charge < -0.3 is 0 Å². The van der Waals surface area contributed by atoms with Gasteiger partial charge in [-0.25, -0.2) is 0 Å². The van der Waals surface area contributed by atoms with Gasteiger partial charge in [0.1, 0.15) is 0 Å². The number of nitrogens with one attached hydrogen (secondary N) is 1. The Balaban J connectivity index is 2.51. The molecule has 0 saturated carbocycles. The number of hydrogen-bond acceptors (Lipinski definition) is 3. The van der Waals surface area contributed by atoms with E-state index in [1.807, 2.05) is 18.2 Å². The third-order valence-electron chi connectivity index (χ3n) is 1.91. The van der Waals surface area contributed by atoms with Crippen LogP contribution in [0.1, 0.15) is 19.0 Å². The first kappa shape index (κ1) is 9.16. The molecule has 1 heterocycles. The van der Waals surface area contributed by atoms with Crippen molar-refractivity contribution in [3.8, 4) is 0 Å². The molecule has 1 aromatic heterocycles. The molecule has 0 bridgehead atoms. The molecule has 0 saturated heterocycles. The van der Waals surface area contributed by atoms with E-state index in [0.29, 0.717) is 6.04 Å². The highest BCUT2D eigenvalue weighted by Gasteiger charge is 2.04. The minimum atomic E-state index is 0.333. The van der Waals surface area contributed by atoms with Crippen LogP contribution in [-0.2, 0) is 6.42 Å². The Bertz CT molecular complexity index is 206. The number of hydrazine groups is 1. The van der Waals surface area contributed by atoms with E-state index in [-0.39, 0.29) is 0 Å². The molecular formula is C9H15N3. The van der Waals surface area contributed by atoms with Gasteiger partial charge in [-0.3, -0.25) is 16.3 Å². The summed E-state index contributed by atoms with van der Waals surface area (Å²) in [6.45, 7) is 2.10. The number of aromatic nitrogens is 1. The predicted octanol–water partition coefficient (Wildman–Crippen LogP) is 0.866. The Labute approximate surface area is 73.0 Å². The van der Waals surface area contributed by atoms with Crippen LogP contribution in [0.15, 0.2) is 24.4 Å². The van der Waals surface area contributed by atoms with Crippen molar-refractivity contribution in [2.24, 2.45) is 5.84 Å². The molecule has 3 nitrogen and oxygen atoms in total. The Morgan fingerprint density at radius 1 is 1.58 bits per heavy atom. The second-order valence-corrected chi connectivity index (χ2v) is 2.80. The zero-order valence-electron chi connectivity index (χ0n) is 7.33. The third kappa shape index (κ3) is 2.60. The quantitative estimate of drug-likeness (QED) is 0.514. The van der Waals surface area contributed by atoms with Crippen molar-refractivity contribution >= 4 is 0 Å². The molecule has 0 aliphatic carbocycles. The lowest BCUT2D eigenvalue weighted by Crippen LogP contribution is -2.36. The minimum absolute atomic E-state index is 0.333. The zero-order valence-corrected chi connectivity index (χ0v) is 7.33. The molecule has 66 valence electrons. The summed E-state index contributed by atoms with van der Waals surface area (Å²) in [7, 11) is 0. The zero-order chi connectivity index (χ0) is 8.81. The van der Waals surface area contributed by atoms with E-state index >= 15 is 0 Å². The van der Waals surface area contributed by atoms with E-state index < -0.39 is 0 Å². The van der Waals surface area contributed by atoms with Gasteiger partial charge in [0, 0.05) is 24.4 Å². The normalized spacial score (nSPS) is 12.8. The van der Waals surface area contributed by atoms with Crippen molar-refractivity contribution in [1.29, 1.82) is 0 Å². The first-order valence-electron chi connectivity index (χ1n) is 4.22. The summed E-state index contributed by atoms with van der Waals surface area (Å²) < 4.78 is 0. The van der Waals surface area contributed by atoms with Gasteiger partial charge in [-0.15, -0.1) is 0 Å². The van der Waals surface area contributed by atoms with Gasteiger partial charge in [0.15, 0.2) is 0 Å². The van der Waals surface area contributed by atoms with Crippen molar-refractivity contribution in [3.05, 3.63) is 30.1 Å². The van der Waals surface area contributed by atoms with E-state index in [4.69, 9.17) is 5.84 Å². The second-order valence-electron chi connectivity index (χ2n) is 2.80. The predicted molar refractivity (Wildman–Crippen MR) is 49.3 cm³/mol. The van der Waals surface area contributed by atoms with Crippen LogP contribution in [0.4, 0.5) is 0 Å². The summed E-state index contributed by atoms with van der Waals surface area (Å²) >= 11 is 0. The fourth-order valence-electron chi connectivity index (χ4n) is 1.09. The highest BCUT2D eigenvalue weighted by Crippen LogP contribution is 2.00. The van der Waals surface area contributed by atoms with Crippen LogP contribution in [0.25, 0.3) is 0 Å². The average Bonchev–Trinajstić information content (AvgIpc) is 2.16. The summed E-state index contributed by atoms with van der Waals surface area (Å²) in [5.41, 5.74) is 3.85. The van der Waals surface area contributed by atoms with Gasteiger partial charge in [-0.2, -0.15) is 0 Å². The lowest BCUT2D eigenvalue weighted by molar-refractivity contribution is 0.506. The molecule has 1 rings (SSSR count). The molecule has 1 atom stereocenters. The molecule has 0 radical (unpaired) electrons. The molecule has 0 aromatic carbocycles. The first-order chi connectivity index (χ1) is 5.86. The number of hydrogen-bond donors (Lipinski definition) is 2. The Morgan fingerprint density at radius 3 is 2.92 bits per heavy atom. The van der Waals surface area contributed by atoms with Crippen molar-refractivity contribution in [2.75, 3.05) is 0 Å². The molecule has 3 N–H and O–H groups in total. The van der Waals surface area contributed by atoms with Gasteiger partial charge in [0.25, 0.3) is 0 Å². The summed E-state index contributed by atoms with van der Waals surface area (Å²) in [6.07, 6.45) is 3.72. The van der Waals surface area contributed by atoms with Gasteiger partial charge >= 0.3 is 0 Å². The van der Waals surface area contributed by atoms with E-state index in [9.17, 15) is 0 Å². The topological polar surface area (TPSA) is 50.9 Å². The number of rotatable bonds is 4. The summed E-state index contributed by atoms with van der Waals surface area (Å²) in [5, 5.41) is 0. The molecule has 0 amide bonds. The number of pyridine rings is 1. The van der Waals surface area contributed by atoms with Crippen molar-refractivity contribution in [3.63, 3.8) is 0 Å². The molecule has 1 aromatic rings. The standard InChI is InChI=1S/C9H15N3/c1-2-8(12-10)7-9-5-3-4-6-11-9/h3-6,8,12H,2,7,10H2,1H3. The third-order valence-corrected chi connectivity index (χ3v) is 1.91. The largest absolute Gasteiger partial charge is 0.271 e. The van der Waals surface area contributed by atoms with Crippen LogP contribution in [0.3, 0.4) is 0 Å². The highest BCUT2D eigenvalue weighted by molar-refractivity contribution is 5.04. The lowest BCUT2D eigenvalue weighted by atomic mass is 10.1. The highest BCUT2D eigenvalue weighted by atomic mass is 15.2. The van der Waals surface area contributed by atoms with Crippen LogP contribution in [0.2, 0.25) is 0 Å².